The van der Waals surface area contributed by atoms with Crippen LogP contribution in [0.5, 0.6) is 0 Å². The molecular formula is C16H25BrN2OS. The average molecular weight is 373 g/mol. The van der Waals surface area contributed by atoms with Gasteiger partial charge in [0.1, 0.15) is 0 Å². The minimum atomic E-state index is -0.603. The second kappa shape index (κ2) is 8.81. The number of carbonyl (C=O) groups excluding carboxylic acids is 1. The van der Waals surface area contributed by atoms with Gasteiger partial charge in [-0.1, -0.05) is 28.4 Å². The predicted molar refractivity (Wildman–Crippen MR) is 94.6 cm³/mol. The molecule has 1 unspecified atom stereocenters. The van der Waals surface area contributed by atoms with Crippen LogP contribution < -0.4 is 11.1 Å². The molecule has 118 valence electrons. The number of benzene rings is 1. The molecule has 1 amide bonds. The van der Waals surface area contributed by atoms with E-state index in [4.69, 9.17) is 5.73 Å². The number of nitrogens with one attached hydrogen (secondary N) is 1. The number of nitrogens with two attached hydrogens (primary N) is 1. The molecule has 0 radical (unpaired) electrons. The van der Waals surface area contributed by atoms with Crippen LogP contribution >= 0.6 is 27.7 Å². The van der Waals surface area contributed by atoms with E-state index in [0.29, 0.717) is 0 Å². The van der Waals surface area contributed by atoms with Crippen molar-refractivity contribution in [1.29, 1.82) is 0 Å². The fraction of sp³-hybridized carbons (Fsp3) is 0.562. The van der Waals surface area contributed by atoms with Crippen molar-refractivity contribution >= 4 is 33.6 Å². The van der Waals surface area contributed by atoms with E-state index in [2.05, 4.69) is 33.4 Å². The Balaban J connectivity index is 2.33. The predicted octanol–water partition coefficient (Wildman–Crippen LogP) is 3.95. The lowest BCUT2D eigenvalue weighted by molar-refractivity contribution is -0.124. The topological polar surface area (TPSA) is 55.1 Å². The Bertz CT molecular complexity index is 467. The van der Waals surface area contributed by atoms with Crippen LogP contribution in [0.15, 0.2) is 33.6 Å². The third-order valence-corrected chi connectivity index (χ3v) is 4.86. The highest BCUT2D eigenvalue weighted by Gasteiger charge is 2.30. The van der Waals surface area contributed by atoms with Crippen molar-refractivity contribution in [2.75, 3.05) is 5.75 Å². The van der Waals surface area contributed by atoms with Crippen molar-refractivity contribution in [1.82, 2.24) is 5.32 Å². The molecule has 0 bridgehead atoms. The van der Waals surface area contributed by atoms with Gasteiger partial charge in [-0.25, -0.2) is 0 Å². The third kappa shape index (κ3) is 6.85. The third-order valence-electron chi connectivity index (χ3n) is 3.29. The number of thioether (sulfide) groups is 1. The Kier molecular flexibility index (Phi) is 7.77. The second-order valence-corrected chi connectivity index (χ2v) is 7.84. The lowest BCUT2D eigenvalue weighted by atomic mass is 9.93. The normalized spacial score (nSPS) is 14.1. The summed E-state index contributed by atoms with van der Waals surface area (Å²) < 4.78 is 1.11. The fourth-order valence-electron chi connectivity index (χ4n) is 2.23. The smallest absolute Gasteiger partial charge is 0.237 e. The van der Waals surface area contributed by atoms with E-state index in [1.165, 1.54) is 4.90 Å². The number of hydrogen-bond acceptors (Lipinski definition) is 3. The van der Waals surface area contributed by atoms with Gasteiger partial charge in [0, 0.05) is 15.4 Å². The maximum absolute atomic E-state index is 11.6. The van der Waals surface area contributed by atoms with Crippen LogP contribution in [0.3, 0.4) is 0 Å². The van der Waals surface area contributed by atoms with Crippen LogP contribution in [0.2, 0.25) is 0 Å². The first-order valence-corrected chi connectivity index (χ1v) is 9.07. The van der Waals surface area contributed by atoms with E-state index >= 15 is 0 Å². The number of halogens is 1. The van der Waals surface area contributed by atoms with Gasteiger partial charge in [0.2, 0.25) is 5.91 Å². The van der Waals surface area contributed by atoms with Crippen molar-refractivity contribution < 1.29 is 4.79 Å². The molecule has 0 aliphatic rings. The molecule has 3 nitrogen and oxygen atoms in total. The van der Waals surface area contributed by atoms with E-state index in [1.54, 1.807) is 0 Å². The zero-order chi connectivity index (χ0) is 15.9. The molecular weight excluding hydrogens is 348 g/mol. The second-order valence-electron chi connectivity index (χ2n) is 5.76. The minimum absolute atomic E-state index is 0.249. The minimum Gasteiger partial charge on any atom is -0.368 e. The lowest BCUT2D eigenvalue weighted by Crippen LogP contribution is -2.55. The number of carbonyl (C=O) groups is 1. The average Bonchev–Trinajstić information content (AvgIpc) is 2.37. The van der Waals surface area contributed by atoms with Gasteiger partial charge in [0.05, 0.1) is 5.54 Å². The molecule has 0 aliphatic heterocycles. The summed E-state index contributed by atoms with van der Waals surface area (Å²) in [7, 11) is 0. The molecule has 5 heteroatoms. The summed E-state index contributed by atoms with van der Waals surface area (Å²) in [5, 5.41) is 3.28. The molecule has 0 saturated carbocycles. The standard InChI is InChI=1S/C16H25BrN2OS/c1-12(2)19-16(3,15(18)20)9-4-5-10-21-14-8-6-7-13(17)11-14/h6-8,11-12,19H,4-5,9-10H2,1-3H3,(H2,18,20). The maximum Gasteiger partial charge on any atom is 0.237 e. The highest BCUT2D eigenvalue weighted by molar-refractivity contribution is 9.10. The Morgan fingerprint density at radius 1 is 1.43 bits per heavy atom. The van der Waals surface area contributed by atoms with E-state index in [0.717, 1.165) is 29.5 Å². The van der Waals surface area contributed by atoms with Gasteiger partial charge in [-0.15, -0.1) is 11.8 Å². The number of amides is 1. The van der Waals surface area contributed by atoms with Crippen LogP contribution in [0.4, 0.5) is 0 Å². The molecule has 0 heterocycles. The van der Waals surface area contributed by atoms with Crippen molar-refractivity contribution in [3.8, 4) is 0 Å². The quantitative estimate of drug-likeness (QED) is 0.509. The van der Waals surface area contributed by atoms with E-state index < -0.39 is 5.54 Å². The molecule has 1 atom stereocenters. The van der Waals surface area contributed by atoms with Crippen LogP contribution in [0, 0.1) is 0 Å². The van der Waals surface area contributed by atoms with E-state index in [-0.39, 0.29) is 11.9 Å². The van der Waals surface area contributed by atoms with Crippen molar-refractivity contribution in [3.05, 3.63) is 28.7 Å². The van der Waals surface area contributed by atoms with Crippen molar-refractivity contribution in [2.24, 2.45) is 5.73 Å². The van der Waals surface area contributed by atoms with Crippen molar-refractivity contribution in [2.45, 2.75) is 56.5 Å². The summed E-state index contributed by atoms with van der Waals surface area (Å²) in [6.07, 6.45) is 2.83. The summed E-state index contributed by atoms with van der Waals surface area (Å²) in [6.45, 7) is 5.96. The Morgan fingerprint density at radius 3 is 2.71 bits per heavy atom. The van der Waals surface area contributed by atoms with Crippen LogP contribution in [0.25, 0.3) is 0 Å². The molecule has 0 saturated heterocycles. The summed E-state index contributed by atoms with van der Waals surface area (Å²) in [5.74, 6) is 0.781. The molecule has 1 rings (SSSR count). The summed E-state index contributed by atoms with van der Waals surface area (Å²) in [6, 6.07) is 8.56. The fourth-order valence-corrected chi connectivity index (χ4v) is 3.75. The van der Waals surface area contributed by atoms with Gasteiger partial charge in [0.15, 0.2) is 0 Å². The van der Waals surface area contributed by atoms with Gasteiger partial charge in [-0.2, -0.15) is 0 Å². The van der Waals surface area contributed by atoms with Crippen LogP contribution in [-0.4, -0.2) is 23.2 Å². The molecule has 0 fully saturated rings. The largest absolute Gasteiger partial charge is 0.368 e. The van der Waals surface area contributed by atoms with Crippen LogP contribution in [0.1, 0.15) is 40.0 Å². The molecule has 3 N–H and O–H groups in total. The molecule has 0 spiro atoms. The summed E-state index contributed by atoms with van der Waals surface area (Å²) >= 11 is 5.32. The van der Waals surface area contributed by atoms with Gasteiger partial charge in [0.25, 0.3) is 0 Å². The van der Waals surface area contributed by atoms with Crippen molar-refractivity contribution in [3.63, 3.8) is 0 Å². The van der Waals surface area contributed by atoms with Gasteiger partial charge in [-0.3, -0.25) is 4.79 Å². The Morgan fingerprint density at radius 2 is 2.14 bits per heavy atom. The molecule has 21 heavy (non-hydrogen) atoms. The van der Waals surface area contributed by atoms with Crippen LogP contribution in [-0.2, 0) is 4.79 Å². The first-order valence-electron chi connectivity index (χ1n) is 7.29. The van der Waals surface area contributed by atoms with Gasteiger partial charge in [-0.05, 0) is 57.6 Å². The van der Waals surface area contributed by atoms with Gasteiger partial charge < -0.3 is 11.1 Å². The summed E-state index contributed by atoms with van der Waals surface area (Å²) in [5.41, 5.74) is 4.93. The number of primary amides is 1. The van der Waals surface area contributed by atoms with E-state index in [9.17, 15) is 4.79 Å². The Labute approximate surface area is 140 Å². The molecule has 0 aliphatic carbocycles. The number of hydrogen-bond donors (Lipinski definition) is 2. The Hall–Kier alpha value is -0.520. The summed E-state index contributed by atoms with van der Waals surface area (Å²) in [4.78, 5) is 12.9. The number of unbranched alkanes of at least 4 members (excludes halogenated alkanes) is 1. The maximum atomic E-state index is 11.6. The zero-order valence-electron chi connectivity index (χ0n) is 13.0. The van der Waals surface area contributed by atoms with Gasteiger partial charge >= 0.3 is 0 Å². The SMILES string of the molecule is CC(C)NC(C)(CCCCSc1cccc(Br)c1)C(N)=O. The molecule has 1 aromatic carbocycles. The van der Waals surface area contributed by atoms with E-state index in [1.807, 2.05) is 44.7 Å². The lowest BCUT2D eigenvalue weighted by Gasteiger charge is -2.29. The number of rotatable bonds is 9. The highest BCUT2D eigenvalue weighted by atomic mass is 79.9. The first kappa shape index (κ1) is 18.5. The monoisotopic (exact) mass is 372 g/mol. The highest BCUT2D eigenvalue weighted by Crippen LogP contribution is 2.24. The zero-order valence-corrected chi connectivity index (χ0v) is 15.4. The molecule has 1 aromatic rings. The first-order chi connectivity index (χ1) is 9.83. The molecule has 0 aromatic heterocycles.